The van der Waals surface area contributed by atoms with E-state index in [1.807, 2.05) is 25.1 Å². The van der Waals surface area contributed by atoms with E-state index in [0.717, 1.165) is 22.7 Å². The summed E-state index contributed by atoms with van der Waals surface area (Å²) in [5, 5.41) is 0. The predicted octanol–water partition coefficient (Wildman–Crippen LogP) is 4.29. The Morgan fingerprint density at radius 2 is 1.56 bits per heavy atom. The van der Waals surface area contributed by atoms with Crippen LogP contribution in [0, 0.1) is 27.7 Å². The molecule has 0 atom stereocenters. The Morgan fingerprint density at radius 3 is 2.22 bits per heavy atom. The van der Waals surface area contributed by atoms with Crippen LogP contribution in [0.15, 0.2) is 30.3 Å². The van der Waals surface area contributed by atoms with Gasteiger partial charge in [-0.3, -0.25) is 0 Å². The van der Waals surface area contributed by atoms with Gasteiger partial charge in [-0.05, 0) is 74.2 Å². The number of hydrogen-bond donors (Lipinski definition) is 1. The summed E-state index contributed by atoms with van der Waals surface area (Å²) in [7, 11) is 0. The Balaban J connectivity index is 2.40. The SMILES string of the molecule is Cc1cc(C)c(C)c(Oc2ccc(N)cc2C)c1. The van der Waals surface area contributed by atoms with Crippen LogP contribution in [0.25, 0.3) is 0 Å². The van der Waals surface area contributed by atoms with Gasteiger partial charge in [-0.15, -0.1) is 0 Å². The van der Waals surface area contributed by atoms with Gasteiger partial charge in [0.2, 0.25) is 0 Å². The number of rotatable bonds is 2. The second kappa shape index (κ2) is 4.73. The summed E-state index contributed by atoms with van der Waals surface area (Å²) in [5.74, 6) is 1.78. The average Bonchev–Trinajstić information content (AvgIpc) is 2.29. The van der Waals surface area contributed by atoms with Gasteiger partial charge in [0, 0.05) is 5.69 Å². The van der Waals surface area contributed by atoms with Crippen molar-refractivity contribution in [1.29, 1.82) is 0 Å². The van der Waals surface area contributed by atoms with Gasteiger partial charge in [0.25, 0.3) is 0 Å². The third-order valence-corrected chi connectivity index (χ3v) is 3.18. The first-order valence-electron chi connectivity index (χ1n) is 6.09. The van der Waals surface area contributed by atoms with Crippen LogP contribution in [0.5, 0.6) is 11.5 Å². The first kappa shape index (κ1) is 12.5. The molecule has 18 heavy (non-hydrogen) atoms. The molecule has 0 amide bonds. The number of benzene rings is 2. The number of anilines is 1. The molecule has 2 aromatic rings. The Hall–Kier alpha value is -1.96. The normalized spacial score (nSPS) is 10.4. The van der Waals surface area contributed by atoms with Gasteiger partial charge in [-0.1, -0.05) is 6.07 Å². The van der Waals surface area contributed by atoms with E-state index in [0.29, 0.717) is 0 Å². The first-order valence-corrected chi connectivity index (χ1v) is 6.09. The third-order valence-electron chi connectivity index (χ3n) is 3.18. The zero-order chi connectivity index (χ0) is 13.3. The maximum absolute atomic E-state index is 6.00. The second-order valence-electron chi connectivity index (χ2n) is 4.83. The lowest BCUT2D eigenvalue weighted by atomic mass is 10.1. The molecule has 0 fully saturated rings. The first-order chi connectivity index (χ1) is 8.47. The zero-order valence-corrected chi connectivity index (χ0v) is 11.4. The number of nitrogens with two attached hydrogens (primary N) is 1. The average molecular weight is 241 g/mol. The fourth-order valence-electron chi connectivity index (χ4n) is 2.01. The summed E-state index contributed by atoms with van der Waals surface area (Å²) < 4.78 is 6.00. The van der Waals surface area contributed by atoms with Gasteiger partial charge in [0.05, 0.1) is 0 Å². The fraction of sp³-hybridized carbons (Fsp3) is 0.250. The molecule has 0 saturated heterocycles. The molecule has 0 unspecified atom stereocenters. The molecule has 0 heterocycles. The van der Waals surface area contributed by atoms with Crippen LogP contribution < -0.4 is 10.5 Å². The maximum atomic E-state index is 6.00. The lowest BCUT2D eigenvalue weighted by molar-refractivity contribution is 0.474. The van der Waals surface area contributed by atoms with Crippen LogP contribution in [-0.2, 0) is 0 Å². The number of hydrogen-bond acceptors (Lipinski definition) is 2. The largest absolute Gasteiger partial charge is 0.457 e. The van der Waals surface area contributed by atoms with E-state index < -0.39 is 0 Å². The molecule has 2 rings (SSSR count). The van der Waals surface area contributed by atoms with Crippen molar-refractivity contribution in [2.24, 2.45) is 0 Å². The third kappa shape index (κ3) is 2.48. The van der Waals surface area contributed by atoms with Crippen molar-refractivity contribution in [1.82, 2.24) is 0 Å². The van der Waals surface area contributed by atoms with Gasteiger partial charge in [-0.2, -0.15) is 0 Å². The van der Waals surface area contributed by atoms with Crippen LogP contribution >= 0.6 is 0 Å². The van der Waals surface area contributed by atoms with Gasteiger partial charge < -0.3 is 10.5 Å². The molecule has 0 aliphatic rings. The van der Waals surface area contributed by atoms with Gasteiger partial charge in [-0.25, -0.2) is 0 Å². The minimum absolute atomic E-state index is 0.761. The smallest absolute Gasteiger partial charge is 0.130 e. The van der Waals surface area contributed by atoms with Gasteiger partial charge in [0.1, 0.15) is 11.5 Å². The van der Waals surface area contributed by atoms with Crippen molar-refractivity contribution >= 4 is 5.69 Å². The highest BCUT2D eigenvalue weighted by Gasteiger charge is 2.07. The Morgan fingerprint density at radius 1 is 0.833 bits per heavy atom. The molecule has 94 valence electrons. The number of aryl methyl sites for hydroxylation is 3. The molecular weight excluding hydrogens is 222 g/mol. The number of ether oxygens (including phenoxy) is 1. The molecule has 0 aliphatic heterocycles. The molecule has 0 radical (unpaired) electrons. The van der Waals surface area contributed by atoms with Crippen LogP contribution in [0.4, 0.5) is 5.69 Å². The van der Waals surface area contributed by atoms with Crippen molar-refractivity contribution in [3.8, 4) is 11.5 Å². The molecule has 2 N–H and O–H groups in total. The molecular formula is C16H19NO. The van der Waals surface area contributed by atoms with Crippen LogP contribution in [-0.4, -0.2) is 0 Å². The van der Waals surface area contributed by atoms with Crippen LogP contribution in [0.3, 0.4) is 0 Å². The quantitative estimate of drug-likeness (QED) is 0.796. The van der Waals surface area contributed by atoms with Crippen molar-refractivity contribution in [3.05, 3.63) is 52.6 Å². The minimum atomic E-state index is 0.761. The van der Waals surface area contributed by atoms with E-state index in [4.69, 9.17) is 10.5 Å². The second-order valence-corrected chi connectivity index (χ2v) is 4.83. The Kier molecular flexibility index (Phi) is 3.28. The van der Waals surface area contributed by atoms with Crippen molar-refractivity contribution in [2.75, 3.05) is 5.73 Å². The van der Waals surface area contributed by atoms with Gasteiger partial charge >= 0.3 is 0 Å². The van der Waals surface area contributed by atoms with E-state index in [-0.39, 0.29) is 0 Å². The molecule has 0 bridgehead atoms. The van der Waals surface area contributed by atoms with E-state index in [1.54, 1.807) is 0 Å². The zero-order valence-electron chi connectivity index (χ0n) is 11.4. The van der Waals surface area contributed by atoms with E-state index >= 15 is 0 Å². The molecule has 0 spiro atoms. The summed E-state index contributed by atoms with van der Waals surface area (Å²) in [6, 6.07) is 9.94. The van der Waals surface area contributed by atoms with Crippen molar-refractivity contribution in [3.63, 3.8) is 0 Å². The van der Waals surface area contributed by atoms with Crippen LogP contribution in [0.2, 0.25) is 0 Å². The summed E-state index contributed by atoms with van der Waals surface area (Å²) >= 11 is 0. The Bertz CT molecular complexity index is 588. The summed E-state index contributed by atoms with van der Waals surface area (Å²) in [4.78, 5) is 0. The highest BCUT2D eigenvalue weighted by Crippen LogP contribution is 2.31. The van der Waals surface area contributed by atoms with E-state index in [9.17, 15) is 0 Å². The topological polar surface area (TPSA) is 35.2 Å². The maximum Gasteiger partial charge on any atom is 0.130 e. The van der Waals surface area contributed by atoms with Crippen molar-refractivity contribution in [2.45, 2.75) is 27.7 Å². The molecule has 0 saturated carbocycles. The summed E-state index contributed by atoms with van der Waals surface area (Å²) in [5.41, 5.74) is 11.2. The summed E-state index contributed by atoms with van der Waals surface area (Å²) in [6.07, 6.45) is 0. The lowest BCUT2D eigenvalue weighted by Crippen LogP contribution is -1.94. The highest BCUT2D eigenvalue weighted by atomic mass is 16.5. The van der Waals surface area contributed by atoms with Crippen LogP contribution in [0.1, 0.15) is 22.3 Å². The molecule has 2 nitrogen and oxygen atoms in total. The highest BCUT2D eigenvalue weighted by molar-refractivity contribution is 5.50. The fourth-order valence-corrected chi connectivity index (χ4v) is 2.01. The standard InChI is InChI=1S/C16H19NO/c1-10-7-11(2)13(4)16(8-10)18-15-6-5-14(17)9-12(15)3/h5-9H,17H2,1-4H3. The predicted molar refractivity (Wildman–Crippen MR) is 76.3 cm³/mol. The van der Waals surface area contributed by atoms with Gasteiger partial charge in [0.15, 0.2) is 0 Å². The molecule has 2 heteroatoms. The lowest BCUT2D eigenvalue weighted by Gasteiger charge is -2.14. The van der Waals surface area contributed by atoms with E-state index in [1.165, 1.54) is 16.7 Å². The molecule has 0 aromatic heterocycles. The monoisotopic (exact) mass is 241 g/mol. The summed E-state index contributed by atoms with van der Waals surface area (Å²) in [6.45, 7) is 8.26. The van der Waals surface area contributed by atoms with Crippen molar-refractivity contribution < 1.29 is 4.74 Å². The minimum Gasteiger partial charge on any atom is -0.457 e. The number of nitrogen functional groups attached to an aromatic ring is 1. The Labute approximate surface area is 108 Å². The van der Waals surface area contributed by atoms with E-state index in [2.05, 4.69) is 32.9 Å². The molecule has 2 aromatic carbocycles. The molecule has 0 aliphatic carbocycles.